The van der Waals surface area contributed by atoms with Gasteiger partial charge in [0, 0.05) is 19.8 Å². The van der Waals surface area contributed by atoms with Crippen LogP contribution in [-0.2, 0) is 9.47 Å². The van der Waals surface area contributed by atoms with Gasteiger partial charge in [0.2, 0.25) is 0 Å². The summed E-state index contributed by atoms with van der Waals surface area (Å²) >= 11 is 0. The molecule has 0 amide bonds. The maximum Gasteiger partial charge on any atom is 0.0637 e. The molecule has 16 heavy (non-hydrogen) atoms. The van der Waals surface area contributed by atoms with E-state index in [2.05, 4.69) is 13.8 Å². The summed E-state index contributed by atoms with van der Waals surface area (Å²) in [5, 5.41) is 0. The molecule has 0 bridgehead atoms. The molecule has 2 atom stereocenters. The maximum atomic E-state index is 6.10. The van der Waals surface area contributed by atoms with Crippen LogP contribution >= 0.6 is 0 Å². The summed E-state index contributed by atoms with van der Waals surface area (Å²) in [5.74, 6) is 0. The van der Waals surface area contributed by atoms with E-state index >= 15 is 0 Å². The fourth-order valence-electron chi connectivity index (χ4n) is 2.30. The van der Waals surface area contributed by atoms with E-state index in [0.29, 0.717) is 6.10 Å². The Hall–Kier alpha value is -0.120. The van der Waals surface area contributed by atoms with E-state index < -0.39 is 0 Å². The first-order valence-corrected chi connectivity index (χ1v) is 6.46. The fraction of sp³-hybridized carbons (Fsp3) is 1.00. The highest BCUT2D eigenvalue weighted by Crippen LogP contribution is 2.20. The second-order valence-corrected chi connectivity index (χ2v) is 5.49. The third-order valence-corrected chi connectivity index (χ3v) is 3.43. The molecule has 0 aliphatic carbocycles. The van der Waals surface area contributed by atoms with Gasteiger partial charge in [0.15, 0.2) is 0 Å². The first-order chi connectivity index (χ1) is 7.53. The lowest BCUT2D eigenvalue weighted by Crippen LogP contribution is -2.33. The molecule has 3 heteroatoms. The summed E-state index contributed by atoms with van der Waals surface area (Å²) in [6.07, 6.45) is 7.31. The highest BCUT2D eigenvalue weighted by atomic mass is 16.5. The molecular formula is C13H27NO2. The minimum atomic E-state index is -0.0940. The fourth-order valence-corrected chi connectivity index (χ4v) is 2.30. The van der Waals surface area contributed by atoms with Crippen LogP contribution in [0.3, 0.4) is 0 Å². The molecule has 0 radical (unpaired) electrons. The molecule has 1 aliphatic rings. The average molecular weight is 229 g/mol. The summed E-state index contributed by atoms with van der Waals surface area (Å²) in [6.45, 7) is 5.13. The van der Waals surface area contributed by atoms with Gasteiger partial charge in [0.25, 0.3) is 0 Å². The van der Waals surface area contributed by atoms with Crippen LogP contribution < -0.4 is 5.73 Å². The van der Waals surface area contributed by atoms with E-state index in [1.165, 1.54) is 25.7 Å². The molecule has 2 N–H and O–H groups in total. The van der Waals surface area contributed by atoms with Crippen molar-refractivity contribution in [2.24, 2.45) is 5.73 Å². The first kappa shape index (κ1) is 13.9. The Labute approximate surface area is 99.7 Å². The molecule has 1 heterocycles. The largest absolute Gasteiger partial charge is 0.379 e. The number of nitrogens with two attached hydrogens (primary N) is 1. The van der Waals surface area contributed by atoms with Gasteiger partial charge in [-0.2, -0.15) is 0 Å². The van der Waals surface area contributed by atoms with Crippen LogP contribution in [0, 0.1) is 0 Å². The Morgan fingerprint density at radius 1 is 1.50 bits per heavy atom. The van der Waals surface area contributed by atoms with Gasteiger partial charge >= 0.3 is 0 Å². The van der Waals surface area contributed by atoms with E-state index in [0.717, 1.165) is 19.4 Å². The molecular weight excluding hydrogens is 202 g/mol. The van der Waals surface area contributed by atoms with Gasteiger partial charge in [-0.05, 0) is 52.4 Å². The van der Waals surface area contributed by atoms with Crippen molar-refractivity contribution in [3.63, 3.8) is 0 Å². The van der Waals surface area contributed by atoms with Crippen LogP contribution in [-0.4, -0.2) is 31.5 Å². The van der Waals surface area contributed by atoms with Gasteiger partial charge in [-0.25, -0.2) is 0 Å². The van der Waals surface area contributed by atoms with E-state index in [1.807, 2.05) is 0 Å². The molecule has 0 aromatic carbocycles. The van der Waals surface area contributed by atoms with Gasteiger partial charge in [0.1, 0.15) is 0 Å². The summed E-state index contributed by atoms with van der Waals surface area (Å²) in [6, 6.07) is 0.247. The third kappa shape index (κ3) is 5.28. The molecule has 96 valence electrons. The standard InChI is InChI=1S/C13H27NO2/c1-13(2,15-3)10-11(14)6-4-7-12-8-5-9-16-12/h11-12H,4-10,14H2,1-3H3. The van der Waals surface area contributed by atoms with Crippen molar-refractivity contribution in [1.82, 2.24) is 0 Å². The Morgan fingerprint density at radius 3 is 2.81 bits per heavy atom. The van der Waals surface area contributed by atoms with Gasteiger partial charge in [0.05, 0.1) is 11.7 Å². The topological polar surface area (TPSA) is 44.5 Å². The van der Waals surface area contributed by atoms with Crippen molar-refractivity contribution in [2.45, 2.75) is 70.1 Å². The zero-order chi connectivity index (χ0) is 12.0. The predicted octanol–water partition coefficient (Wildman–Crippen LogP) is 2.48. The Morgan fingerprint density at radius 2 is 2.25 bits per heavy atom. The van der Waals surface area contributed by atoms with Crippen LogP contribution in [0.15, 0.2) is 0 Å². The van der Waals surface area contributed by atoms with Crippen molar-refractivity contribution >= 4 is 0 Å². The first-order valence-electron chi connectivity index (χ1n) is 6.46. The Balaban J connectivity index is 2.07. The lowest BCUT2D eigenvalue weighted by molar-refractivity contribution is 0.00909. The van der Waals surface area contributed by atoms with E-state index in [9.17, 15) is 0 Å². The van der Waals surface area contributed by atoms with Gasteiger partial charge < -0.3 is 15.2 Å². The Bertz CT molecular complexity index is 188. The van der Waals surface area contributed by atoms with Crippen molar-refractivity contribution < 1.29 is 9.47 Å². The monoisotopic (exact) mass is 229 g/mol. The van der Waals surface area contributed by atoms with Crippen LogP contribution in [0.1, 0.15) is 52.4 Å². The number of hydrogen-bond acceptors (Lipinski definition) is 3. The maximum absolute atomic E-state index is 6.10. The summed E-state index contributed by atoms with van der Waals surface area (Å²) < 4.78 is 11.0. The van der Waals surface area contributed by atoms with Crippen LogP contribution in [0.2, 0.25) is 0 Å². The molecule has 2 unspecified atom stereocenters. The molecule has 0 aromatic rings. The summed E-state index contributed by atoms with van der Waals surface area (Å²) in [5.41, 5.74) is 6.01. The van der Waals surface area contributed by atoms with Crippen molar-refractivity contribution in [3.8, 4) is 0 Å². The second kappa shape index (κ2) is 6.58. The lowest BCUT2D eigenvalue weighted by atomic mass is 9.95. The van der Waals surface area contributed by atoms with Crippen LogP contribution in [0.25, 0.3) is 0 Å². The zero-order valence-electron chi connectivity index (χ0n) is 11.0. The van der Waals surface area contributed by atoms with Gasteiger partial charge in [-0.1, -0.05) is 0 Å². The molecule has 0 spiro atoms. The molecule has 0 saturated carbocycles. The molecule has 1 fully saturated rings. The number of methoxy groups -OCH3 is 1. The second-order valence-electron chi connectivity index (χ2n) is 5.49. The quantitative estimate of drug-likeness (QED) is 0.729. The van der Waals surface area contributed by atoms with Crippen molar-refractivity contribution in [3.05, 3.63) is 0 Å². The zero-order valence-corrected chi connectivity index (χ0v) is 11.0. The van der Waals surface area contributed by atoms with Crippen LogP contribution in [0.4, 0.5) is 0 Å². The summed E-state index contributed by atoms with van der Waals surface area (Å²) in [4.78, 5) is 0. The number of rotatable bonds is 7. The smallest absolute Gasteiger partial charge is 0.0637 e. The molecule has 1 saturated heterocycles. The van der Waals surface area contributed by atoms with Gasteiger partial charge in [-0.15, -0.1) is 0 Å². The predicted molar refractivity (Wildman–Crippen MR) is 66.5 cm³/mol. The van der Waals surface area contributed by atoms with E-state index in [4.69, 9.17) is 15.2 Å². The number of ether oxygens (including phenoxy) is 2. The highest BCUT2D eigenvalue weighted by molar-refractivity contribution is 4.76. The molecule has 0 aromatic heterocycles. The third-order valence-electron chi connectivity index (χ3n) is 3.43. The Kier molecular flexibility index (Phi) is 5.73. The van der Waals surface area contributed by atoms with Crippen molar-refractivity contribution in [1.29, 1.82) is 0 Å². The normalized spacial score (nSPS) is 23.6. The van der Waals surface area contributed by atoms with E-state index in [1.54, 1.807) is 7.11 Å². The van der Waals surface area contributed by atoms with E-state index in [-0.39, 0.29) is 11.6 Å². The molecule has 1 rings (SSSR count). The van der Waals surface area contributed by atoms with Gasteiger partial charge in [-0.3, -0.25) is 0 Å². The highest BCUT2D eigenvalue weighted by Gasteiger charge is 2.21. The lowest BCUT2D eigenvalue weighted by Gasteiger charge is -2.26. The minimum absolute atomic E-state index is 0.0940. The molecule has 1 aliphatic heterocycles. The summed E-state index contributed by atoms with van der Waals surface area (Å²) in [7, 11) is 1.75. The van der Waals surface area contributed by atoms with Crippen LogP contribution in [0.5, 0.6) is 0 Å². The van der Waals surface area contributed by atoms with Crippen molar-refractivity contribution in [2.75, 3.05) is 13.7 Å². The average Bonchev–Trinajstić information content (AvgIpc) is 2.70. The SMILES string of the molecule is COC(C)(C)CC(N)CCCC1CCCO1. The molecule has 3 nitrogen and oxygen atoms in total. The number of hydrogen-bond donors (Lipinski definition) is 1. The minimum Gasteiger partial charge on any atom is -0.379 e.